The summed E-state index contributed by atoms with van der Waals surface area (Å²) in [6.45, 7) is 0. The second-order valence-electron chi connectivity index (χ2n) is 3.49. The number of thioether (sulfide) groups is 1. The fourth-order valence-electron chi connectivity index (χ4n) is 1.25. The van der Waals surface area contributed by atoms with Crippen molar-refractivity contribution >= 4 is 39.9 Å². The molecule has 0 spiro atoms. The zero-order valence-corrected chi connectivity index (χ0v) is 12.4. The van der Waals surface area contributed by atoms with Crippen molar-refractivity contribution in [3.05, 3.63) is 28.2 Å². The molecule has 7 nitrogen and oxygen atoms in total. The average molecular weight is 353 g/mol. The van der Waals surface area contributed by atoms with Crippen LogP contribution in [0.4, 0.5) is 5.95 Å². The molecule has 0 saturated heterocycles. The van der Waals surface area contributed by atoms with E-state index in [1.54, 1.807) is 18.2 Å². The van der Waals surface area contributed by atoms with Crippen LogP contribution in [0.2, 0.25) is 0 Å². The van der Waals surface area contributed by atoms with Crippen molar-refractivity contribution in [3.8, 4) is 11.8 Å². The number of H-pyrrole nitrogens is 1. The van der Waals surface area contributed by atoms with Crippen LogP contribution in [0, 0.1) is 11.3 Å². The molecular formula is C11H9BrN6OS. The summed E-state index contributed by atoms with van der Waals surface area (Å²) in [6, 6.07) is 7.02. The molecule has 20 heavy (non-hydrogen) atoms. The Morgan fingerprint density at radius 1 is 1.60 bits per heavy atom. The van der Waals surface area contributed by atoms with Gasteiger partial charge in [-0.3, -0.25) is 0 Å². The lowest BCUT2D eigenvalue weighted by molar-refractivity contribution is 0.474. The number of hydrogen-bond acceptors (Lipinski definition) is 7. The van der Waals surface area contributed by atoms with E-state index >= 15 is 0 Å². The molecule has 1 aromatic heterocycles. The van der Waals surface area contributed by atoms with Gasteiger partial charge in [0.05, 0.1) is 18.0 Å². The summed E-state index contributed by atoms with van der Waals surface area (Å²) in [5.41, 5.74) is 3.21. The van der Waals surface area contributed by atoms with Gasteiger partial charge >= 0.3 is 0 Å². The van der Waals surface area contributed by atoms with Crippen molar-refractivity contribution in [1.82, 2.24) is 15.2 Å². The molecule has 0 radical (unpaired) electrons. The van der Waals surface area contributed by atoms with E-state index in [0.29, 0.717) is 16.7 Å². The first-order valence-corrected chi connectivity index (χ1v) is 7.16. The van der Waals surface area contributed by atoms with Gasteiger partial charge in [0.2, 0.25) is 11.1 Å². The van der Waals surface area contributed by atoms with Gasteiger partial charge in [-0.25, -0.2) is 10.5 Å². The Morgan fingerprint density at radius 3 is 3.25 bits per heavy atom. The fraction of sp³-hybridized carbons (Fsp3) is 0.0909. The summed E-state index contributed by atoms with van der Waals surface area (Å²) >= 11 is 4.53. The van der Waals surface area contributed by atoms with Gasteiger partial charge in [0, 0.05) is 10.0 Å². The third-order valence-corrected chi connectivity index (χ3v) is 3.30. The van der Waals surface area contributed by atoms with E-state index in [4.69, 9.17) is 5.26 Å². The van der Waals surface area contributed by atoms with Gasteiger partial charge in [0.15, 0.2) is 0 Å². The minimum absolute atomic E-state index is 0.126. The Balaban J connectivity index is 1.97. The topological polar surface area (TPSA) is 110 Å². The van der Waals surface area contributed by atoms with Gasteiger partial charge in [-0.05, 0) is 18.2 Å². The molecule has 3 N–H and O–H groups in total. The number of aromatic hydroxyl groups is 1. The molecule has 0 fully saturated rings. The highest BCUT2D eigenvalue weighted by molar-refractivity contribution is 9.10. The lowest BCUT2D eigenvalue weighted by Gasteiger charge is -1.99. The maximum absolute atomic E-state index is 9.62. The molecule has 2 aromatic rings. The van der Waals surface area contributed by atoms with Crippen LogP contribution >= 0.6 is 27.7 Å². The predicted molar refractivity (Wildman–Crippen MR) is 79.7 cm³/mol. The van der Waals surface area contributed by atoms with Crippen LogP contribution in [0.3, 0.4) is 0 Å². The largest absolute Gasteiger partial charge is 0.507 e. The number of aromatic nitrogens is 3. The third kappa shape index (κ3) is 3.97. The molecule has 0 aliphatic rings. The Bertz CT molecular complexity index is 665. The van der Waals surface area contributed by atoms with E-state index in [-0.39, 0.29) is 11.5 Å². The number of nitrogens with one attached hydrogen (secondary N) is 2. The van der Waals surface area contributed by atoms with Gasteiger partial charge in [-0.1, -0.05) is 27.7 Å². The van der Waals surface area contributed by atoms with Crippen LogP contribution in [0.15, 0.2) is 32.9 Å². The SMILES string of the molecule is N#CCSc1n[nH]c(N/N=C\c2cc(Br)ccc2O)n1. The molecule has 2 rings (SSSR count). The van der Waals surface area contributed by atoms with Gasteiger partial charge in [-0.15, -0.1) is 5.10 Å². The number of anilines is 1. The normalized spacial score (nSPS) is 10.6. The molecule has 1 heterocycles. The van der Waals surface area contributed by atoms with Gasteiger partial charge in [0.25, 0.3) is 0 Å². The van der Waals surface area contributed by atoms with Gasteiger partial charge < -0.3 is 5.11 Å². The number of benzene rings is 1. The summed E-state index contributed by atoms with van der Waals surface area (Å²) in [4.78, 5) is 4.07. The molecule has 0 unspecified atom stereocenters. The maximum atomic E-state index is 9.62. The van der Waals surface area contributed by atoms with Crippen molar-refractivity contribution in [3.63, 3.8) is 0 Å². The first-order valence-electron chi connectivity index (χ1n) is 5.39. The smallest absolute Gasteiger partial charge is 0.240 e. The van der Waals surface area contributed by atoms with Crippen molar-refractivity contribution in [2.45, 2.75) is 5.16 Å². The molecule has 9 heteroatoms. The van der Waals surface area contributed by atoms with Crippen molar-refractivity contribution in [2.75, 3.05) is 11.2 Å². The second-order valence-corrected chi connectivity index (χ2v) is 5.34. The van der Waals surface area contributed by atoms with Crippen LogP contribution in [0.25, 0.3) is 0 Å². The minimum atomic E-state index is 0.126. The number of nitriles is 1. The molecule has 0 aliphatic carbocycles. The first kappa shape index (κ1) is 14.4. The Morgan fingerprint density at radius 2 is 2.45 bits per heavy atom. The highest BCUT2D eigenvalue weighted by Gasteiger charge is 2.02. The molecule has 0 aliphatic heterocycles. The number of aromatic amines is 1. The lowest BCUT2D eigenvalue weighted by atomic mass is 10.2. The standard InChI is InChI=1S/C11H9BrN6OS/c12-8-1-2-9(19)7(5-8)6-14-16-10-15-11(18-17-10)20-4-3-13/h1-2,5-6,19H,4H2,(H2,15,16,17,18)/b14-6-. The van der Waals surface area contributed by atoms with Crippen LogP contribution in [-0.4, -0.2) is 32.3 Å². The Labute approximate surface area is 127 Å². The summed E-state index contributed by atoms with van der Waals surface area (Å²) < 4.78 is 0.839. The van der Waals surface area contributed by atoms with E-state index in [1.165, 1.54) is 18.0 Å². The number of nitrogens with zero attached hydrogens (tertiary/aromatic N) is 4. The van der Waals surface area contributed by atoms with Gasteiger partial charge in [0.1, 0.15) is 5.75 Å². The quantitative estimate of drug-likeness (QED) is 0.432. The molecule has 1 aromatic carbocycles. The third-order valence-electron chi connectivity index (χ3n) is 2.09. The van der Waals surface area contributed by atoms with E-state index in [9.17, 15) is 5.11 Å². The number of halogens is 1. The number of hydrazone groups is 1. The molecule has 102 valence electrons. The van der Waals surface area contributed by atoms with Crippen molar-refractivity contribution in [1.29, 1.82) is 5.26 Å². The molecule has 0 saturated carbocycles. The summed E-state index contributed by atoms with van der Waals surface area (Å²) in [5.74, 6) is 0.768. The highest BCUT2D eigenvalue weighted by atomic mass is 79.9. The van der Waals surface area contributed by atoms with E-state index < -0.39 is 0 Å². The Kier molecular flexibility index (Phi) is 4.97. The monoisotopic (exact) mass is 352 g/mol. The number of phenols is 1. The Hall–Kier alpha value is -2.05. The van der Waals surface area contributed by atoms with Crippen molar-refractivity contribution in [2.24, 2.45) is 5.10 Å². The molecule has 0 bridgehead atoms. The van der Waals surface area contributed by atoms with Crippen LogP contribution in [0.1, 0.15) is 5.56 Å². The fourth-order valence-corrected chi connectivity index (χ4v) is 2.09. The van der Waals surface area contributed by atoms with Crippen LogP contribution in [0.5, 0.6) is 5.75 Å². The minimum Gasteiger partial charge on any atom is -0.507 e. The van der Waals surface area contributed by atoms with Crippen molar-refractivity contribution < 1.29 is 5.11 Å². The summed E-state index contributed by atoms with van der Waals surface area (Å²) in [5, 5.41) is 29.0. The highest BCUT2D eigenvalue weighted by Crippen LogP contribution is 2.20. The summed E-state index contributed by atoms with van der Waals surface area (Å²) in [6.07, 6.45) is 1.46. The first-order chi connectivity index (χ1) is 9.69. The molecule has 0 amide bonds. The maximum Gasteiger partial charge on any atom is 0.240 e. The number of rotatable bonds is 5. The number of phenolic OH excluding ortho intramolecular Hbond substituents is 1. The van der Waals surface area contributed by atoms with Gasteiger partial charge in [-0.2, -0.15) is 15.3 Å². The molecular weight excluding hydrogens is 344 g/mol. The average Bonchev–Trinajstić information content (AvgIpc) is 2.88. The van der Waals surface area contributed by atoms with E-state index in [1.807, 2.05) is 6.07 Å². The lowest BCUT2D eigenvalue weighted by Crippen LogP contribution is -1.93. The predicted octanol–water partition coefficient (Wildman–Crippen LogP) is 2.33. The van der Waals surface area contributed by atoms with Crippen LogP contribution < -0.4 is 5.43 Å². The van der Waals surface area contributed by atoms with E-state index in [2.05, 4.69) is 41.6 Å². The zero-order valence-electron chi connectivity index (χ0n) is 10.0. The molecule has 0 atom stereocenters. The summed E-state index contributed by atoms with van der Waals surface area (Å²) in [7, 11) is 0. The van der Waals surface area contributed by atoms with Crippen LogP contribution in [-0.2, 0) is 0 Å². The second kappa shape index (κ2) is 6.93. The number of hydrogen-bond donors (Lipinski definition) is 3. The van der Waals surface area contributed by atoms with E-state index in [0.717, 1.165) is 4.47 Å². The zero-order chi connectivity index (χ0) is 14.4.